The minimum absolute atomic E-state index is 0.0660. The Morgan fingerprint density at radius 1 is 0.575 bits per heavy atom. The minimum Gasteiger partial charge on any atom is -0.309 e. The standard InChI is InChI=1S/C37H27N3/c1-37(2)30-17-9-6-14-27(30)35-33(37)29-16-8-11-19-32(29)40(35)26-22-20-25(21-23-26)36-38-31-18-10-7-15-28(31)34(39-36)24-12-4-3-5-13-24/h3-23H,1-2H3. The van der Waals surface area contributed by atoms with Crippen molar-refractivity contribution >= 4 is 21.8 Å². The first-order valence-electron chi connectivity index (χ1n) is 13.8. The van der Waals surface area contributed by atoms with Crippen molar-refractivity contribution < 1.29 is 0 Å². The van der Waals surface area contributed by atoms with Gasteiger partial charge in [-0.15, -0.1) is 0 Å². The monoisotopic (exact) mass is 513 g/mol. The lowest BCUT2D eigenvalue weighted by Gasteiger charge is -2.21. The normalized spacial score (nSPS) is 13.4. The third kappa shape index (κ3) is 3.24. The Hall–Kier alpha value is -5.02. The van der Waals surface area contributed by atoms with Crippen LogP contribution in [0.25, 0.3) is 61.4 Å². The molecule has 3 heteroatoms. The summed E-state index contributed by atoms with van der Waals surface area (Å²) in [6, 6.07) is 45.0. The van der Waals surface area contributed by atoms with E-state index in [9.17, 15) is 0 Å². The van der Waals surface area contributed by atoms with E-state index >= 15 is 0 Å². The molecule has 190 valence electrons. The molecule has 40 heavy (non-hydrogen) atoms. The van der Waals surface area contributed by atoms with Crippen LogP contribution in [0.2, 0.25) is 0 Å². The van der Waals surface area contributed by atoms with Crippen molar-refractivity contribution in [3.05, 3.63) is 139 Å². The maximum Gasteiger partial charge on any atom is 0.160 e. The molecule has 2 aromatic heterocycles. The third-order valence-corrected chi connectivity index (χ3v) is 8.39. The molecule has 3 nitrogen and oxygen atoms in total. The van der Waals surface area contributed by atoms with Gasteiger partial charge in [0.2, 0.25) is 0 Å². The van der Waals surface area contributed by atoms with E-state index in [1.807, 2.05) is 18.2 Å². The Bertz CT molecular complexity index is 2070. The highest BCUT2D eigenvalue weighted by molar-refractivity contribution is 5.99. The Morgan fingerprint density at radius 2 is 1.25 bits per heavy atom. The van der Waals surface area contributed by atoms with Gasteiger partial charge in [-0.3, -0.25) is 0 Å². The SMILES string of the molecule is CC1(C)c2ccccc2-c2c1c1ccccc1n2-c1ccc(-c2nc(-c3ccccc3)c3ccccc3n2)cc1. The summed E-state index contributed by atoms with van der Waals surface area (Å²) in [5.74, 6) is 0.734. The van der Waals surface area contributed by atoms with Gasteiger partial charge in [0.1, 0.15) is 0 Å². The lowest BCUT2D eigenvalue weighted by Crippen LogP contribution is -2.14. The van der Waals surface area contributed by atoms with Crippen molar-refractivity contribution in [1.82, 2.24) is 14.5 Å². The minimum atomic E-state index is -0.0660. The Kier molecular flexibility index (Phi) is 4.86. The first-order chi connectivity index (χ1) is 19.6. The maximum atomic E-state index is 5.07. The van der Waals surface area contributed by atoms with Crippen molar-refractivity contribution in [3.63, 3.8) is 0 Å². The molecule has 8 rings (SSSR count). The van der Waals surface area contributed by atoms with E-state index in [1.54, 1.807) is 0 Å². The molecule has 0 atom stereocenters. The lowest BCUT2D eigenvalue weighted by molar-refractivity contribution is 0.666. The zero-order valence-corrected chi connectivity index (χ0v) is 22.5. The highest BCUT2D eigenvalue weighted by Gasteiger charge is 2.40. The molecule has 2 heterocycles. The van der Waals surface area contributed by atoms with Crippen molar-refractivity contribution in [2.45, 2.75) is 19.3 Å². The van der Waals surface area contributed by atoms with Gasteiger partial charge in [0, 0.05) is 38.6 Å². The van der Waals surface area contributed by atoms with Crippen molar-refractivity contribution in [2.24, 2.45) is 0 Å². The summed E-state index contributed by atoms with van der Waals surface area (Å²) in [6.07, 6.45) is 0. The van der Waals surface area contributed by atoms with Crippen molar-refractivity contribution in [2.75, 3.05) is 0 Å². The fraction of sp³-hybridized carbons (Fsp3) is 0.0811. The number of aromatic nitrogens is 3. The van der Waals surface area contributed by atoms with E-state index in [2.05, 4.69) is 128 Å². The van der Waals surface area contributed by atoms with Crippen LogP contribution >= 0.6 is 0 Å². The van der Waals surface area contributed by atoms with Gasteiger partial charge in [-0.1, -0.05) is 105 Å². The van der Waals surface area contributed by atoms with Crippen LogP contribution in [0, 0.1) is 0 Å². The van der Waals surface area contributed by atoms with Crippen molar-refractivity contribution in [3.8, 4) is 39.6 Å². The number of para-hydroxylation sites is 2. The first kappa shape index (κ1) is 22.9. The van der Waals surface area contributed by atoms with Crippen LogP contribution in [0.5, 0.6) is 0 Å². The molecule has 0 unspecified atom stereocenters. The number of rotatable bonds is 3. The lowest BCUT2D eigenvalue weighted by atomic mass is 9.81. The van der Waals surface area contributed by atoms with Crippen LogP contribution in [0.4, 0.5) is 0 Å². The van der Waals surface area contributed by atoms with Gasteiger partial charge in [0.05, 0.1) is 22.4 Å². The number of hydrogen-bond donors (Lipinski definition) is 0. The second-order valence-corrected chi connectivity index (χ2v) is 11.1. The summed E-state index contributed by atoms with van der Waals surface area (Å²) in [4.78, 5) is 10.0. The second-order valence-electron chi connectivity index (χ2n) is 11.1. The first-order valence-corrected chi connectivity index (χ1v) is 13.8. The molecule has 1 aliphatic carbocycles. The molecule has 0 spiro atoms. The van der Waals surface area contributed by atoms with Gasteiger partial charge in [0.15, 0.2) is 5.82 Å². The van der Waals surface area contributed by atoms with Crippen LogP contribution in [-0.2, 0) is 5.41 Å². The number of fused-ring (bicyclic) bond motifs is 6. The number of nitrogens with zero attached hydrogens (tertiary/aromatic N) is 3. The largest absolute Gasteiger partial charge is 0.309 e. The van der Waals surface area contributed by atoms with E-state index in [0.717, 1.165) is 39.2 Å². The molecule has 0 N–H and O–H groups in total. The fourth-order valence-electron chi connectivity index (χ4n) is 6.55. The quantitative estimate of drug-likeness (QED) is 0.236. The molecule has 0 bridgehead atoms. The van der Waals surface area contributed by atoms with Crippen LogP contribution in [0.15, 0.2) is 127 Å². The summed E-state index contributed by atoms with van der Waals surface area (Å²) < 4.78 is 2.43. The smallest absolute Gasteiger partial charge is 0.160 e. The van der Waals surface area contributed by atoms with E-state index in [1.165, 1.54) is 33.3 Å². The summed E-state index contributed by atoms with van der Waals surface area (Å²) in [6.45, 7) is 4.69. The van der Waals surface area contributed by atoms with Crippen LogP contribution in [0.3, 0.4) is 0 Å². The number of benzene rings is 5. The van der Waals surface area contributed by atoms with Gasteiger partial charge in [-0.05, 0) is 47.5 Å². The zero-order chi connectivity index (χ0) is 26.8. The van der Waals surface area contributed by atoms with Crippen LogP contribution in [-0.4, -0.2) is 14.5 Å². The number of hydrogen-bond acceptors (Lipinski definition) is 2. The average Bonchev–Trinajstić information content (AvgIpc) is 3.48. The molecule has 0 radical (unpaired) electrons. The molecule has 0 saturated heterocycles. The van der Waals surface area contributed by atoms with Crippen molar-refractivity contribution in [1.29, 1.82) is 0 Å². The molecule has 1 aliphatic rings. The predicted octanol–water partition coefficient (Wildman–Crippen LogP) is 9.21. The molecule has 0 amide bonds. The van der Waals surface area contributed by atoms with Crippen LogP contribution in [0.1, 0.15) is 25.0 Å². The highest BCUT2D eigenvalue weighted by Crippen LogP contribution is 2.53. The Balaban J connectivity index is 1.31. The average molecular weight is 514 g/mol. The van der Waals surface area contributed by atoms with E-state index < -0.39 is 0 Å². The third-order valence-electron chi connectivity index (χ3n) is 8.39. The summed E-state index contributed by atoms with van der Waals surface area (Å²) in [7, 11) is 0. The molecule has 7 aromatic rings. The van der Waals surface area contributed by atoms with Crippen LogP contribution < -0.4 is 0 Å². The van der Waals surface area contributed by atoms with E-state index in [-0.39, 0.29) is 5.41 Å². The molecule has 0 fully saturated rings. The molecular weight excluding hydrogens is 486 g/mol. The van der Waals surface area contributed by atoms with E-state index in [4.69, 9.17) is 9.97 Å². The summed E-state index contributed by atoms with van der Waals surface area (Å²) in [5, 5.41) is 2.37. The predicted molar refractivity (Wildman–Crippen MR) is 165 cm³/mol. The Morgan fingerprint density at radius 3 is 2.08 bits per heavy atom. The molecule has 0 saturated carbocycles. The van der Waals surface area contributed by atoms with E-state index in [0.29, 0.717) is 0 Å². The Labute approximate surface area is 233 Å². The van der Waals surface area contributed by atoms with Gasteiger partial charge in [-0.25, -0.2) is 9.97 Å². The van der Waals surface area contributed by atoms with Gasteiger partial charge < -0.3 is 4.57 Å². The molecule has 5 aromatic carbocycles. The maximum absolute atomic E-state index is 5.07. The highest BCUT2D eigenvalue weighted by atomic mass is 15.0. The fourth-order valence-corrected chi connectivity index (χ4v) is 6.55. The summed E-state index contributed by atoms with van der Waals surface area (Å²) in [5.41, 5.74) is 11.7. The molecular formula is C37H27N3. The second kappa shape index (κ2) is 8.49. The summed E-state index contributed by atoms with van der Waals surface area (Å²) >= 11 is 0. The van der Waals surface area contributed by atoms with Gasteiger partial charge in [0.25, 0.3) is 0 Å². The molecule has 0 aliphatic heterocycles. The van der Waals surface area contributed by atoms with Gasteiger partial charge in [-0.2, -0.15) is 0 Å². The van der Waals surface area contributed by atoms with Gasteiger partial charge >= 0.3 is 0 Å². The zero-order valence-electron chi connectivity index (χ0n) is 22.5. The topological polar surface area (TPSA) is 30.7 Å².